The van der Waals surface area contributed by atoms with Crippen LogP contribution in [0, 0.1) is 13.8 Å². The number of furan rings is 1. The van der Waals surface area contributed by atoms with Crippen LogP contribution >= 0.6 is 0 Å². The second-order valence-electron chi connectivity index (χ2n) is 3.52. The zero-order valence-corrected chi connectivity index (χ0v) is 7.79. The maximum atomic E-state index is 9.76. The Kier molecular flexibility index (Phi) is 1.62. The molecule has 0 spiro atoms. The molecule has 1 atom stereocenters. The Morgan fingerprint density at radius 2 is 2.23 bits per heavy atom. The predicted molar refractivity (Wildman–Crippen MR) is 49.1 cm³/mol. The van der Waals surface area contributed by atoms with Gasteiger partial charge >= 0.3 is 0 Å². The van der Waals surface area contributed by atoms with E-state index in [9.17, 15) is 5.11 Å². The minimum absolute atomic E-state index is 0.491. The molecule has 1 aromatic heterocycles. The average molecular weight is 179 g/mol. The number of aliphatic hydroxyl groups is 1. The first-order valence-electron chi connectivity index (χ1n) is 4.30. The van der Waals surface area contributed by atoms with Gasteiger partial charge in [0, 0.05) is 5.56 Å². The van der Waals surface area contributed by atoms with Crippen LogP contribution in [0.4, 0.5) is 0 Å². The van der Waals surface area contributed by atoms with Gasteiger partial charge in [0.15, 0.2) is 11.5 Å². The lowest BCUT2D eigenvalue weighted by molar-refractivity contribution is 0.0678. The molecule has 0 aliphatic heterocycles. The molecular formula is C10H13NO2. The van der Waals surface area contributed by atoms with Gasteiger partial charge in [0.2, 0.25) is 0 Å². The van der Waals surface area contributed by atoms with E-state index in [2.05, 4.69) is 0 Å². The normalized spacial score (nSPS) is 26.2. The van der Waals surface area contributed by atoms with Crippen molar-refractivity contribution in [3.05, 3.63) is 34.8 Å². The molecule has 0 saturated carbocycles. The number of fused-ring (bicyclic) bond motifs is 1. The summed E-state index contributed by atoms with van der Waals surface area (Å²) in [6.07, 6.45) is 4.22. The Morgan fingerprint density at radius 3 is 2.85 bits per heavy atom. The number of nitrogens with two attached hydrogens (primary N) is 1. The number of aryl methyl sites for hydroxylation is 1. The highest BCUT2D eigenvalue weighted by atomic mass is 16.4. The third-order valence-corrected chi connectivity index (χ3v) is 2.57. The third kappa shape index (κ3) is 1.12. The van der Waals surface area contributed by atoms with E-state index in [-0.39, 0.29) is 0 Å². The standard InChI is InChI=1S/C10H13NO2/c1-6-7(2)13-9-8(6)4-3-5-10(9,11)12/h3,5,12H,4,11H2,1-2H3. The van der Waals surface area contributed by atoms with Gasteiger partial charge in [-0.15, -0.1) is 0 Å². The quantitative estimate of drug-likeness (QED) is 0.463. The van der Waals surface area contributed by atoms with E-state index in [0.717, 1.165) is 23.3 Å². The van der Waals surface area contributed by atoms with Crippen LogP contribution in [-0.2, 0) is 12.1 Å². The summed E-state index contributed by atoms with van der Waals surface area (Å²) in [7, 11) is 0. The number of hydrogen-bond donors (Lipinski definition) is 2. The molecule has 0 aromatic carbocycles. The second kappa shape index (κ2) is 2.47. The van der Waals surface area contributed by atoms with E-state index < -0.39 is 5.72 Å². The summed E-state index contributed by atoms with van der Waals surface area (Å²) in [5, 5.41) is 9.76. The summed E-state index contributed by atoms with van der Waals surface area (Å²) in [4.78, 5) is 0. The molecule has 0 bridgehead atoms. The van der Waals surface area contributed by atoms with Crippen molar-refractivity contribution in [1.82, 2.24) is 0 Å². The molecule has 1 aliphatic carbocycles. The topological polar surface area (TPSA) is 59.4 Å². The summed E-state index contributed by atoms with van der Waals surface area (Å²) in [6, 6.07) is 0. The molecule has 3 heteroatoms. The van der Waals surface area contributed by atoms with Crippen molar-refractivity contribution in [2.24, 2.45) is 5.73 Å². The molecular weight excluding hydrogens is 166 g/mol. The highest BCUT2D eigenvalue weighted by Gasteiger charge is 2.32. The van der Waals surface area contributed by atoms with Gasteiger partial charge in [0.1, 0.15) is 5.76 Å². The Balaban J connectivity index is 2.64. The van der Waals surface area contributed by atoms with Crippen LogP contribution < -0.4 is 5.73 Å². The van der Waals surface area contributed by atoms with Crippen molar-refractivity contribution < 1.29 is 9.52 Å². The zero-order chi connectivity index (χ0) is 9.64. The summed E-state index contributed by atoms with van der Waals surface area (Å²) in [5.74, 6) is 1.32. The van der Waals surface area contributed by atoms with Gasteiger partial charge in [-0.3, -0.25) is 5.73 Å². The molecule has 13 heavy (non-hydrogen) atoms. The highest BCUT2D eigenvalue weighted by Crippen LogP contribution is 2.32. The maximum Gasteiger partial charge on any atom is 0.192 e. The fourth-order valence-corrected chi connectivity index (χ4v) is 1.68. The van der Waals surface area contributed by atoms with E-state index in [1.54, 1.807) is 6.08 Å². The Hall–Kier alpha value is -1.06. The molecule has 0 amide bonds. The third-order valence-electron chi connectivity index (χ3n) is 2.57. The molecule has 3 nitrogen and oxygen atoms in total. The molecule has 1 aromatic rings. The van der Waals surface area contributed by atoms with Crippen LogP contribution in [0.25, 0.3) is 0 Å². The minimum Gasteiger partial charge on any atom is -0.461 e. The number of rotatable bonds is 0. The second-order valence-corrected chi connectivity index (χ2v) is 3.52. The van der Waals surface area contributed by atoms with Crippen molar-refractivity contribution in [3.8, 4) is 0 Å². The van der Waals surface area contributed by atoms with Gasteiger partial charge in [-0.05, 0) is 31.9 Å². The molecule has 0 fully saturated rings. The van der Waals surface area contributed by atoms with Crippen molar-refractivity contribution in [1.29, 1.82) is 0 Å². The largest absolute Gasteiger partial charge is 0.461 e. The predicted octanol–water partition coefficient (Wildman–Crippen LogP) is 1.11. The van der Waals surface area contributed by atoms with Crippen molar-refractivity contribution in [2.45, 2.75) is 26.0 Å². The molecule has 1 heterocycles. The number of hydrogen-bond acceptors (Lipinski definition) is 3. The summed E-state index contributed by atoms with van der Waals surface area (Å²) >= 11 is 0. The first-order chi connectivity index (χ1) is 6.02. The van der Waals surface area contributed by atoms with Crippen LogP contribution in [0.2, 0.25) is 0 Å². The van der Waals surface area contributed by atoms with Gasteiger partial charge in [-0.1, -0.05) is 6.08 Å². The Morgan fingerprint density at radius 1 is 1.54 bits per heavy atom. The lowest BCUT2D eigenvalue weighted by Gasteiger charge is -2.21. The zero-order valence-electron chi connectivity index (χ0n) is 7.79. The molecule has 0 radical (unpaired) electrons. The maximum absolute atomic E-state index is 9.76. The SMILES string of the molecule is Cc1oc2c(c1C)CC=CC2(N)O. The monoisotopic (exact) mass is 179 g/mol. The van der Waals surface area contributed by atoms with Gasteiger partial charge < -0.3 is 9.52 Å². The van der Waals surface area contributed by atoms with Gasteiger partial charge in [-0.2, -0.15) is 0 Å². The lowest BCUT2D eigenvalue weighted by atomic mass is 9.95. The fourth-order valence-electron chi connectivity index (χ4n) is 1.68. The average Bonchev–Trinajstić information content (AvgIpc) is 2.32. The smallest absolute Gasteiger partial charge is 0.192 e. The summed E-state index contributed by atoms with van der Waals surface area (Å²) in [6.45, 7) is 3.86. The first kappa shape index (κ1) is 8.53. The van der Waals surface area contributed by atoms with Gasteiger partial charge in [-0.25, -0.2) is 0 Å². The van der Waals surface area contributed by atoms with E-state index in [1.165, 1.54) is 0 Å². The van der Waals surface area contributed by atoms with Crippen molar-refractivity contribution >= 4 is 0 Å². The fraction of sp³-hybridized carbons (Fsp3) is 0.400. The van der Waals surface area contributed by atoms with Gasteiger partial charge in [0.05, 0.1) is 0 Å². The molecule has 2 rings (SSSR count). The van der Waals surface area contributed by atoms with E-state index in [4.69, 9.17) is 10.2 Å². The van der Waals surface area contributed by atoms with Crippen LogP contribution in [-0.4, -0.2) is 5.11 Å². The van der Waals surface area contributed by atoms with Crippen LogP contribution in [0.1, 0.15) is 22.6 Å². The molecule has 0 saturated heterocycles. The number of allylic oxidation sites excluding steroid dienone is 1. The first-order valence-corrected chi connectivity index (χ1v) is 4.30. The van der Waals surface area contributed by atoms with Crippen LogP contribution in [0.5, 0.6) is 0 Å². The van der Waals surface area contributed by atoms with Crippen LogP contribution in [0.15, 0.2) is 16.6 Å². The van der Waals surface area contributed by atoms with Crippen molar-refractivity contribution in [2.75, 3.05) is 0 Å². The van der Waals surface area contributed by atoms with Crippen molar-refractivity contribution in [3.63, 3.8) is 0 Å². The van der Waals surface area contributed by atoms with E-state index in [1.807, 2.05) is 19.9 Å². The lowest BCUT2D eigenvalue weighted by Crippen LogP contribution is -2.36. The van der Waals surface area contributed by atoms with E-state index >= 15 is 0 Å². The Bertz CT molecular complexity index is 375. The summed E-state index contributed by atoms with van der Waals surface area (Å²) < 4.78 is 5.43. The summed E-state index contributed by atoms with van der Waals surface area (Å²) in [5.41, 5.74) is 6.33. The highest BCUT2D eigenvalue weighted by molar-refractivity contribution is 5.40. The molecule has 3 N–H and O–H groups in total. The minimum atomic E-state index is -1.42. The van der Waals surface area contributed by atoms with E-state index in [0.29, 0.717) is 5.76 Å². The van der Waals surface area contributed by atoms with Crippen LogP contribution in [0.3, 0.4) is 0 Å². The molecule has 1 aliphatic rings. The van der Waals surface area contributed by atoms with Gasteiger partial charge in [0.25, 0.3) is 0 Å². The molecule has 1 unspecified atom stereocenters. The molecule has 70 valence electrons. The Labute approximate surface area is 76.9 Å².